The van der Waals surface area contributed by atoms with Crippen LogP contribution in [0.4, 0.5) is 13.2 Å². The molecular weight excluding hydrogens is 495 g/mol. The average Bonchev–Trinajstić information content (AvgIpc) is 2.77. The van der Waals surface area contributed by atoms with Gasteiger partial charge in [-0.1, -0.05) is 18.1 Å². The highest BCUT2D eigenvalue weighted by molar-refractivity contribution is 7.92. The molecule has 0 bridgehead atoms. The lowest BCUT2D eigenvalue weighted by molar-refractivity contribution is -0.137. The van der Waals surface area contributed by atoms with Crippen molar-refractivity contribution in [2.45, 2.75) is 16.0 Å². The van der Waals surface area contributed by atoms with Crippen LogP contribution in [-0.2, 0) is 26.2 Å². The maximum Gasteiger partial charge on any atom is 0.416 e. The number of nitrogens with one attached hydrogen (secondary N) is 1. The summed E-state index contributed by atoms with van der Waals surface area (Å²) in [7, 11) is -8.96. The van der Waals surface area contributed by atoms with Crippen molar-refractivity contribution in [3.05, 3.63) is 89.2 Å². The van der Waals surface area contributed by atoms with Gasteiger partial charge in [-0.2, -0.15) is 13.2 Å². The first-order valence-electron chi connectivity index (χ1n) is 9.12. The van der Waals surface area contributed by atoms with Gasteiger partial charge in [0.05, 0.1) is 11.1 Å². The number of aromatic nitrogens is 1. The number of benzene rings is 2. The Bertz CT molecular complexity index is 1510. The topological polar surface area (TPSA) is 136 Å². The van der Waals surface area contributed by atoms with Crippen LogP contribution in [0.2, 0.25) is 0 Å². The third kappa shape index (κ3) is 5.98. The van der Waals surface area contributed by atoms with Crippen LogP contribution in [0, 0.1) is 11.8 Å². The lowest BCUT2D eigenvalue weighted by Crippen LogP contribution is -2.32. The molecule has 0 fully saturated rings. The molecule has 0 radical (unpaired) electrons. The molecule has 0 saturated heterocycles. The van der Waals surface area contributed by atoms with Crippen molar-refractivity contribution in [2.24, 2.45) is 5.14 Å². The van der Waals surface area contributed by atoms with Gasteiger partial charge >= 0.3 is 6.18 Å². The number of rotatable bonds is 4. The Morgan fingerprint density at radius 2 is 1.50 bits per heavy atom. The second-order valence-electron chi connectivity index (χ2n) is 6.68. The van der Waals surface area contributed by atoms with Crippen LogP contribution in [0.1, 0.15) is 27.2 Å². The lowest BCUT2D eigenvalue weighted by Gasteiger charge is -2.10. The SMILES string of the molecule is NS(=O)(=O)c1ccccc1S(=O)(=O)NC(=O)c1ccc(C#Cc2ccc(C(F)(F)F)cc2)nc1. The summed E-state index contributed by atoms with van der Waals surface area (Å²) in [6.07, 6.45) is -3.43. The van der Waals surface area contributed by atoms with E-state index in [0.29, 0.717) is 5.56 Å². The summed E-state index contributed by atoms with van der Waals surface area (Å²) in [5, 5.41) is 5.03. The Labute approximate surface area is 192 Å². The second kappa shape index (κ2) is 9.26. The number of amides is 1. The number of carbonyl (C=O) groups excluding carboxylic acids is 1. The van der Waals surface area contributed by atoms with E-state index >= 15 is 0 Å². The van der Waals surface area contributed by atoms with E-state index in [0.717, 1.165) is 30.5 Å². The molecule has 0 aliphatic heterocycles. The fourth-order valence-electron chi connectivity index (χ4n) is 2.62. The summed E-state index contributed by atoms with van der Waals surface area (Å²) in [6, 6.07) is 11.2. The summed E-state index contributed by atoms with van der Waals surface area (Å²) in [6.45, 7) is 0. The number of pyridine rings is 1. The standard InChI is InChI=1S/C21H14F3N3O5S2/c22-21(23,24)16-9-5-14(6-10-16)7-11-17-12-8-15(13-26-17)20(28)27-34(31,32)19-4-2-1-3-18(19)33(25,29)30/h1-6,8-10,12-13H,(H,27,28)(H2,25,29,30). The number of halogens is 3. The highest BCUT2D eigenvalue weighted by atomic mass is 32.2. The van der Waals surface area contributed by atoms with E-state index in [9.17, 15) is 34.8 Å². The monoisotopic (exact) mass is 509 g/mol. The molecule has 2 aromatic carbocycles. The number of primary sulfonamides is 1. The largest absolute Gasteiger partial charge is 0.416 e. The van der Waals surface area contributed by atoms with Crippen LogP contribution in [0.5, 0.6) is 0 Å². The average molecular weight is 509 g/mol. The van der Waals surface area contributed by atoms with Gasteiger partial charge < -0.3 is 0 Å². The molecule has 0 unspecified atom stereocenters. The smallest absolute Gasteiger partial charge is 0.268 e. The molecule has 8 nitrogen and oxygen atoms in total. The summed E-state index contributed by atoms with van der Waals surface area (Å²) in [4.78, 5) is 14.9. The summed E-state index contributed by atoms with van der Waals surface area (Å²) in [5.74, 6) is 4.15. The minimum absolute atomic E-state index is 0.166. The lowest BCUT2D eigenvalue weighted by atomic mass is 10.1. The molecule has 0 aliphatic carbocycles. The van der Waals surface area contributed by atoms with Crippen LogP contribution < -0.4 is 9.86 Å². The van der Waals surface area contributed by atoms with Crippen molar-refractivity contribution in [1.29, 1.82) is 0 Å². The van der Waals surface area contributed by atoms with Crippen LogP contribution >= 0.6 is 0 Å². The van der Waals surface area contributed by atoms with Gasteiger partial charge in [-0.15, -0.1) is 0 Å². The normalized spacial score (nSPS) is 11.9. The van der Waals surface area contributed by atoms with E-state index in [1.54, 1.807) is 4.72 Å². The third-order valence-corrected chi connectivity index (χ3v) is 6.73. The quantitative estimate of drug-likeness (QED) is 0.518. The fourth-order valence-corrected chi connectivity index (χ4v) is 4.98. The molecule has 1 amide bonds. The maximum absolute atomic E-state index is 12.6. The van der Waals surface area contributed by atoms with E-state index in [1.165, 1.54) is 36.4 Å². The predicted molar refractivity (Wildman–Crippen MR) is 114 cm³/mol. The van der Waals surface area contributed by atoms with Gasteiger partial charge in [0.25, 0.3) is 15.9 Å². The van der Waals surface area contributed by atoms with Crippen molar-refractivity contribution >= 4 is 26.0 Å². The Balaban J connectivity index is 1.76. The molecule has 0 saturated carbocycles. The zero-order valence-corrected chi connectivity index (χ0v) is 18.5. The van der Waals surface area contributed by atoms with E-state index in [1.807, 2.05) is 0 Å². The summed E-state index contributed by atoms with van der Waals surface area (Å²) >= 11 is 0. The van der Waals surface area contributed by atoms with Gasteiger partial charge in [0, 0.05) is 11.8 Å². The number of nitrogens with zero attached hydrogens (tertiary/aromatic N) is 1. The first-order chi connectivity index (χ1) is 15.8. The molecule has 3 rings (SSSR count). The van der Waals surface area contributed by atoms with Gasteiger partial charge in [0.1, 0.15) is 15.5 Å². The number of hydrogen-bond donors (Lipinski definition) is 2. The molecule has 3 N–H and O–H groups in total. The number of alkyl halides is 3. The van der Waals surface area contributed by atoms with Crippen molar-refractivity contribution in [2.75, 3.05) is 0 Å². The first kappa shape index (κ1) is 24.9. The van der Waals surface area contributed by atoms with Gasteiger partial charge in [-0.3, -0.25) is 4.79 Å². The Morgan fingerprint density at radius 1 is 0.882 bits per heavy atom. The molecule has 176 valence electrons. The van der Waals surface area contributed by atoms with Gasteiger partial charge in [0.2, 0.25) is 10.0 Å². The van der Waals surface area contributed by atoms with Crippen molar-refractivity contribution < 1.29 is 34.8 Å². The van der Waals surface area contributed by atoms with Crippen molar-refractivity contribution in [3.63, 3.8) is 0 Å². The van der Waals surface area contributed by atoms with E-state index in [2.05, 4.69) is 16.8 Å². The molecule has 0 aliphatic rings. The molecule has 34 heavy (non-hydrogen) atoms. The highest BCUT2D eigenvalue weighted by Crippen LogP contribution is 2.29. The van der Waals surface area contributed by atoms with Crippen molar-refractivity contribution in [3.8, 4) is 11.8 Å². The molecule has 1 heterocycles. The molecular formula is C21H14F3N3O5S2. The molecule has 1 aromatic heterocycles. The minimum atomic E-state index is -4.59. The molecule has 3 aromatic rings. The van der Waals surface area contributed by atoms with E-state index in [-0.39, 0.29) is 11.3 Å². The van der Waals surface area contributed by atoms with E-state index < -0.39 is 47.5 Å². The number of carbonyl (C=O) groups is 1. The van der Waals surface area contributed by atoms with Crippen LogP contribution in [0.25, 0.3) is 0 Å². The number of hydrogen-bond acceptors (Lipinski definition) is 6. The zero-order chi connectivity index (χ0) is 25.1. The number of sulfonamides is 2. The molecule has 0 spiro atoms. The van der Waals surface area contributed by atoms with E-state index in [4.69, 9.17) is 5.14 Å². The Morgan fingerprint density at radius 3 is 2.03 bits per heavy atom. The van der Waals surface area contributed by atoms with Crippen LogP contribution in [0.15, 0.2) is 76.7 Å². The maximum atomic E-state index is 12.6. The summed E-state index contributed by atoms with van der Waals surface area (Å²) in [5.41, 5.74) is -0.514. The van der Waals surface area contributed by atoms with Crippen LogP contribution in [-0.4, -0.2) is 27.7 Å². The fraction of sp³-hybridized carbons (Fsp3) is 0.0476. The zero-order valence-electron chi connectivity index (χ0n) is 16.9. The van der Waals surface area contributed by atoms with Crippen molar-refractivity contribution in [1.82, 2.24) is 9.71 Å². The Kier molecular flexibility index (Phi) is 6.78. The molecule has 0 atom stereocenters. The Hall–Kier alpha value is -3.73. The summed E-state index contributed by atoms with van der Waals surface area (Å²) < 4.78 is 87.9. The number of nitrogens with two attached hydrogens (primary N) is 1. The second-order valence-corrected chi connectivity index (χ2v) is 9.86. The minimum Gasteiger partial charge on any atom is -0.268 e. The first-order valence-corrected chi connectivity index (χ1v) is 12.1. The highest BCUT2D eigenvalue weighted by Gasteiger charge is 2.30. The van der Waals surface area contributed by atoms with Gasteiger partial charge in [0.15, 0.2) is 0 Å². The van der Waals surface area contributed by atoms with Crippen LogP contribution in [0.3, 0.4) is 0 Å². The predicted octanol–water partition coefficient (Wildman–Crippen LogP) is 2.27. The third-order valence-electron chi connectivity index (χ3n) is 4.25. The molecule has 13 heteroatoms. The van der Waals surface area contributed by atoms with Gasteiger partial charge in [-0.25, -0.2) is 31.7 Å². The van der Waals surface area contributed by atoms with Gasteiger partial charge in [-0.05, 0) is 54.5 Å².